The van der Waals surface area contributed by atoms with Crippen molar-refractivity contribution in [3.63, 3.8) is 0 Å². The SMILES string of the molecule is Cc1[nH]c(=O)c2ccc(F)cc2c1N. The van der Waals surface area contributed by atoms with E-state index in [2.05, 4.69) is 4.98 Å². The molecule has 14 heavy (non-hydrogen) atoms. The number of anilines is 1. The topological polar surface area (TPSA) is 58.9 Å². The Morgan fingerprint density at radius 3 is 2.79 bits per heavy atom. The van der Waals surface area contributed by atoms with Gasteiger partial charge < -0.3 is 10.7 Å². The van der Waals surface area contributed by atoms with Crippen LogP contribution < -0.4 is 11.3 Å². The molecule has 2 aromatic rings. The first kappa shape index (κ1) is 8.74. The van der Waals surface area contributed by atoms with Gasteiger partial charge in [-0.1, -0.05) is 0 Å². The average Bonchev–Trinajstić information content (AvgIpc) is 2.14. The summed E-state index contributed by atoms with van der Waals surface area (Å²) in [4.78, 5) is 14.0. The summed E-state index contributed by atoms with van der Waals surface area (Å²) in [5, 5.41) is 0.876. The van der Waals surface area contributed by atoms with Crippen LogP contribution in [-0.2, 0) is 0 Å². The summed E-state index contributed by atoms with van der Waals surface area (Å²) in [6.07, 6.45) is 0. The van der Waals surface area contributed by atoms with E-state index in [1.807, 2.05) is 0 Å². The van der Waals surface area contributed by atoms with Gasteiger partial charge in [-0.15, -0.1) is 0 Å². The third-order valence-corrected chi connectivity index (χ3v) is 2.22. The van der Waals surface area contributed by atoms with E-state index in [-0.39, 0.29) is 5.56 Å². The molecule has 0 aliphatic heterocycles. The lowest BCUT2D eigenvalue weighted by Gasteiger charge is -2.04. The van der Waals surface area contributed by atoms with Crippen LogP contribution in [-0.4, -0.2) is 4.98 Å². The molecule has 0 saturated heterocycles. The van der Waals surface area contributed by atoms with E-state index in [9.17, 15) is 9.18 Å². The molecule has 0 aliphatic carbocycles. The maximum atomic E-state index is 12.9. The number of nitrogen functional groups attached to an aromatic ring is 1. The van der Waals surface area contributed by atoms with Gasteiger partial charge in [-0.25, -0.2) is 4.39 Å². The molecule has 0 fully saturated rings. The molecule has 72 valence electrons. The number of nitrogens with two attached hydrogens (primary N) is 1. The molecule has 4 heteroatoms. The van der Waals surface area contributed by atoms with E-state index in [0.29, 0.717) is 22.2 Å². The molecule has 0 amide bonds. The van der Waals surface area contributed by atoms with Crippen molar-refractivity contribution < 1.29 is 4.39 Å². The molecule has 0 saturated carbocycles. The predicted molar refractivity (Wildman–Crippen MR) is 53.7 cm³/mol. The Bertz CT molecular complexity index is 560. The van der Waals surface area contributed by atoms with E-state index in [4.69, 9.17) is 5.73 Å². The third kappa shape index (κ3) is 1.16. The molecule has 0 aliphatic rings. The highest BCUT2D eigenvalue weighted by molar-refractivity contribution is 5.92. The van der Waals surface area contributed by atoms with Gasteiger partial charge in [0.2, 0.25) is 0 Å². The Hall–Kier alpha value is -1.84. The molecular weight excluding hydrogens is 183 g/mol. The van der Waals surface area contributed by atoms with Crippen molar-refractivity contribution in [2.24, 2.45) is 0 Å². The van der Waals surface area contributed by atoms with Gasteiger partial charge in [-0.2, -0.15) is 0 Å². The number of aromatic amines is 1. The Morgan fingerprint density at radius 1 is 1.36 bits per heavy atom. The first-order chi connectivity index (χ1) is 6.59. The minimum Gasteiger partial charge on any atom is -0.397 e. The van der Waals surface area contributed by atoms with Crippen molar-refractivity contribution >= 4 is 16.5 Å². The van der Waals surface area contributed by atoms with Crippen LogP contribution in [0, 0.1) is 12.7 Å². The van der Waals surface area contributed by atoms with Crippen LogP contribution in [0.5, 0.6) is 0 Å². The van der Waals surface area contributed by atoms with Crippen molar-refractivity contribution in [1.82, 2.24) is 4.98 Å². The Morgan fingerprint density at radius 2 is 2.07 bits per heavy atom. The molecule has 1 heterocycles. The van der Waals surface area contributed by atoms with E-state index in [1.165, 1.54) is 18.2 Å². The molecule has 1 aromatic carbocycles. The second kappa shape index (κ2) is 2.83. The number of pyridine rings is 1. The van der Waals surface area contributed by atoms with Gasteiger partial charge in [-0.05, 0) is 25.1 Å². The third-order valence-electron chi connectivity index (χ3n) is 2.22. The summed E-state index contributed by atoms with van der Waals surface area (Å²) in [5.41, 5.74) is 6.45. The first-order valence-corrected chi connectivity index (χ1v) is 4.17. The maximum Gasteiger partial charge on any atom is 0.256 e. The van der Waals surface area contributed by atoms with Gasteiger partial charge >= 0.3 is 0 Å². The largest absolute Gasteiger partial charge is 0.397 e. The summed E-state index contributed by atoms with van der Waals surface area (Å²) in [6.45, 7) is 1.68. The van der Waals surface area contributed by atoms with Crippen LogP contribution in [0.1, 0.15) is 5.69 Å². The van der Waals surface area contributed by atoms with Crippen LogP contribution in [0.3, 0.4) is 0 Å². The Balaban J connectivity index is 3.03. The van der Waals surface area contributed by atoms with Crippen LogP contribution in [0.2, 0.25) is 0 Å². The molecule has 0 unspecified atom stereocenters. The monoisotopic (exact) mass is 192 g/mol. The zero-order chi connectivity index (χ0) is 10.3. The summed E-state index contributed by atoms with van der Waals surface area (Å²) in [5.74, 6) is -0.394. The molecule has 3 nitrogen and oxygen atoms in total. The van der Waals surface area contributed by atoms with Crippen LogP contribution >= 0.6 is 0 Å². The van der Waals surface area contributed by atoms with Crippen molar-refractivity contribution in [3.8, 4) is 0 Å². The van der Waals surface area contributed by atoms with Crippen LogP contribution in [0.4, 0.5) is 10.1 Å². The number of nitrogens with one attached hydrogen (secondary N) is 1. The smallest absolute Gasteiger partial charge is 0.256 e. The normalized spacial score (nSPS) is 10.7. The van der Waals surface area contributed by atoms with Gasteiger partial charge in [0.15, 0.2) is 0 Å². The molecule has 0 radical (unpaired) electrons. The highest BCUT2D eigenvalue weighted by atomic mass is 19.1. The predicted octanol–water partition coefficient (Wildman–Crippen LogP) is 1.56. The minimum absolute atomic E-state index is 0.244. The lowest BCUT2D eigenvalue weighted by Crippen LogP contribution is -2.10. The zero-order valence-electron chi connectivity index (χ0n) is 7.60. The number of aryl methyl sites for hydroxylation is 1. The summed E-state index contributed by atoms with van der Waals surface area (Å²) < 4.78 is 12.9. The van der Waals surface area contributed by atoms with Crippen molar-refractivity contribution in [2.45, 2.75) is 6.92 Å². The number of aromatic nitrogens is 1. The second-order valence-corrected chi connectivity index (χ2v) is 3.18. The van der Waals surface area contributed by atoms with E-state index < -0.39 is 5.82 Å². The van der Waals surface area contributed by atoms with Gasteiger partial charge in [0.1, 0.15) is 5.82 Å². The first-order valence-electron chi connectivity index (χ1n) is 4.17. The molecule has 3 N–H and O–H groups in total. The lowest BCUT2D eigenvalue weighted by molar-refractivity contribution is 0.629. The van der Waals surface area contributed by atoms with Gasteiger partial charge in [-0.3, -0.25) is 4.79 Å². The van der Waals surface area contributed by atoms with Crippen LogP contribution in [0.15, 0.2) is 23.0 Å². The number of H-pyrrole nitrogens is 1. The number of hydrogen-bond acceptors (Lipinski definition) is 2. The molecule has 0 atom stereocenters. The van der Waals surface area contributed by atoms with Crippen molar-refractivity contribution in [1.29, 1.82) is 0 Å². The fourth-order valence-corrected chi connectivity index (χ4v) is 1.44. The van der Waals surface area contributed by atoms with Crippen molar-refractivity contribution in [2.75, 3.05) is 5.73 Å². The number of fused-ring (bicyclic) bond motifs is 1. The molecular formula is C10H9FN2O. The molecule has 2 rings (SSSR count). The standard InChI is InChI=1S/C10H9FN2O/c1-5-9(12)8-4-6(11)2-3-7(8)10(14)13-5/h2-4H,12H2,1H3,(H,13,14). The fourth-order valence-electron chi connectivity index (χ4n) is 1.44. The molecule has 0 spiro atoms. The quantitative estimate of drug-likeness (QED) is 0.665. The Labute approximate surface area is 79.4 Å². The fraction of sp³-hybridized carbons (Fsp3) is 0.100. The van der Waals surface area contributed by atoms with Crippen molar-refractivity contribution in [3.05, 3.63) is 40.1 Å². The van der Waals surface area contributed by atoms with E-state index in [0.717, 1.165) is 0 Å². The molecule has 1 aromatic heterocycles. The van der Waals surface area contributed by atoms with Gasteiger partial charge in [0, 0.05) is 16.5 Å². The van der Waals surface area contributed by atoms with Gasteiger partial charge in [0.05, 0.1) is 5.69 Å². The summed E-state index contributed by atoms with van der Waals surface area (Å²) in [7, 11) is 0. The number of rotatable bonds is 0. The van der Waals surface area contributed by atoms with Crippen LogP contribution in [0.25, 0.3) is 10.8 Å². The van der Waals surface area contributed by atoms with E-state index >= 15 is 0 Å². The average molecular weight is 192 g/mol. The zero-order valence-corrected chi connectivity index (χ0v) is 7.60. The van der Waals surface area contributed by atoms with Gasteiger partial charge in [0.25, 0.3) is 5.56 Å². The Kier molecular flexibility index (Phi) is 1.77. The lowest BCUT2D eigenvalue weighted by atomic mass is 10.1. The second-order valence-electron chi connectivity index (χ2n) is 3.18. The number of halogens is 1. The highest BCUT2D eigenvalue weighted by Gasteiger charge is 2.06. The highest BCUT2D eigenvalue weighted by Crippen LogP contribution is 2.20. The van der Waals surface area contributed by atoms with E-state index in [1.54, 1.807) is 6.92 Å². The summed E-state index contributed by atoms with van der Waals surface area (Å²) >= 11 is 0. The number of hydrogen-bond donors (Lipinski definition) is 2. The minimum atomic E-state index is -0.394. The number of benzene rings is 1. The maximum absolute atomic E-state index is 12.9. The summed E-state index contributed by atoms with van der Waals surface area (Å²) in [6, 6.07) is 3.94. The molecule has 0 bridgehead atoms.